The smallest absolute Gasteiger partial charge is 0.251 e. The van der Waals surface area contributed by atoms with E-state index >= 15 is 0 Å². The molecule has 1 aromatic rings. The van der Waals surface area contributed by atoms with Crippen LogP contribution in [-0.4, -0.2) is 16.8 Å². The van der Waals surface area contributed by atoms with Gasteiger partial charge in [0.15, 0.2) is 0 Å². The summed E-state index contributed by atoms with van der Waals surface area (Å²) in [5, 5.41) is 3.08. The van der Waals surface area contributed by atoms with Gasteiger partial charge in [-0.15, -0.1) is 0 Å². The van der Waals surface area contributed by atoms with Crippen LogP contribution in [0.3, 0.4) is 0 Å². The van der Waals surface area contributed by atoms with Gasteiger partial charge in [0.25, 0.3) is 5.91 Å². The lowest BCUT2D eigenvalue weighted by Gasteiger charge is -2.16. The third-order valence-electron chi connectivity index (χ3n) is 3.18. The molecule has 1 amide bonds. The summed E-state index contributed by atoms with van der Waals surface area (Å²) >= 11 is 7.06. The molecule has 2 unspecified atom stereocenters. The van der Waals surface area contributed by atoms with Crippen LogP contribution in [0.2, 0.25) is 0 Å². The number of rotatable bonds is 2. The van der Waals surface area contributed by atoms with Gasteiger partial charge in [0.2, 0.25) is 0 Å². The van der Waals surface area contributed by atoms with Gasteiger partial charge in [0.05, 0.1) is 0 Å². The lowest BCUT2D eigenvalue weighted by atomic mass is 10.1. The van der Waals surface area contributed by atoms with E-state index in [4.69, 9.17) is 0 Å². The number of benzene rings is 1. The van der Waals surface area contributed by atoms with Crippen molar-refractivity contribution in [2.24, 2.45) is 0 Å². The fourth-order valence-electron chi connectivity index (χ4n) is 2.06. The van der Waals surface area contributed by atoms with E-state index in [2.05, 4.69) is 37.2 Å². The average Bonchev–Trinajstić information content (AvgIpc) is 2.68. The maximum Gasteiger partial charge on any atom is 0.251 e. The highest BCUT2D eigenvalue weighted by atomic mass is 79.9. The summed E-state index contributed by atoms with van der Waals surface area (Å²) in [5.41, 5.74) is 1.86. The lowest BCUT2D eigenvalue weighted by Crippen LogP contribution is -2.37. The van der Waals surface area contributed by atoms with Crippen LogP contribution in [0.4, 0.5) is 0 Å². The molecule has 1 fully saturated rings. The predicted molar refractivity (Wildman–Crippen MR) is 76.7 cm³/mol. The second-order valence-electron chi connectivity index (χ2n) is 4.49. The Bertz CT molecular complexity index is 433. The SMILES string of the molecule is Cc1ccc(C(=O)NC2CCCC2Br)cc1Br. The third kappa shape index (κ3) is 3.10. The summed E-state index contributed by atoms with van der Waals surface area (Å²) in [6.07, 6.45) is 3.38. The van der Waals surface area contributed by atoms with Crippen LogP contribution in [0.25, 0.3) is 0 Å². The third-order valence-corrected chi connectivity index (χ3v) is 5.13. The zero-order valence-electron chi connectivity index (χ0n) is 9.67. The van der Waals surface area contributed by atoms with Crippen molar-refractivity contribution in [2.75, 3.05) is 0 Å². The van der Waals surface area contributed by atoms with E-state index in [9.17, 15) is 4.79 Å². The van der Waals surface area contributed by atoms with Crippen LogP contribution < -0.4 is 5.32 Å². The molecule has 1 aliphatic rings. The van der Waals surface area contributed by atoms with Crippen molar-refractivity contribution in [3.8, 4) is 0 Å². The molecule has 0 saturated heterocycles. The number of halogens is 2. The molecule has 1 N–H and O–H groups in total. The van der Waals surface area contributed by atoms with Gasteiger partial charge < -0.3 is 5.32 Å². The minimum absolute atomic E-state index is 0.0158. The van der Waals surface area contributed by atoms with Crippen LogP contribution in [0.5, 0.6) is 0 Å². The lowest BCUT2D eigenvalue weighted by molar-refractivity contribution is 0.0939. The molecular weight excluding hydrogens is 346 g/mol. The fraction of sp³-hybridized carbons (Fsp3) is 0.462. The van der Waals surface area contributed by atoms with Gasteiger partial charge in [-0.3, -0.25) is 4.79 Å². The first-order valence-electron chi connectivity index (χ1n) is 5.79. The second kappa shape index (κ2) is 5.53. The van der Waals surface area contributed by atoms with Crippen LogP contribution in [-0.2, 0) is 0 Å². The Balaban J connectivity index is 2.06. The number of aryl methyl sites for hydroxylation is 1. The van der Waals surface area contributed by atoms with Crippen molar-refractivity contribution in [3.05, 3.63) is 33.8 Å². The van der Waals surface area contributed by atoms with Crippen molar-refractivity contribution in [2.45, 2.75) is 37.1 Å². The molecule has 4 heteroatoms. The van der Waals surface area contributed by atoms with Crippen molar-refractivity contribution in [3.63, 3.8) is 0 Å². The molecule has 0 bridgehead atoms. The van der Waals surface area contributed by atoms with Crippen molar-refractivity contribution < 1.29 is 4.79 Å². The minimum atomic E-state index is 0.0158. The molecule has 92 valence electrons. The Morgan fingerprint density at radius 3 is 2.76 bits per heavy atom. The second-order valence-corrected chi connectivity index (χ2v) is 6.52. The summed E-state index contributed by atoms with van der Waals surface area (Å²) in [5.74, 6) is 0.0158. The van der Waals surface area contributed by atoms with E-state index in [1.807, 2.05) is 25.1 Å². The number of nitrogens with one attached hydrogen (secondary N) is 1. The number of hydrogen-bond donors (Lipinski definition) is 1. The number of hydrogen-bond acceptors (Lipinski definition) is 1. The number of carbonyl (C=O) groups excluding carboxylic acids is 1. The highest BCUT2D eigenvalue weighted by molar-refractivity contribution is 9.10. The molecule has 0 heterocycles. The Labute approximate surface area is 118 Å². The molecule has 0 aromatic heterocycles. The molecule has 1 aromatic carbocycles. The minimum Gasteiger partial charge on any atom is -0.348 e. The average molecular weight is 361 g/mol. The Hall–Kier alpha value is -0.350. The van der Waals surface area contributed by atoms with Crippen LogP contribution >= 0.6 is 31.9 Å². The Kier molecular flexibility index (Phi) is 4.26. The molecule has 2 nitrogen and oxygen atoms in total. The van der Waals surface area contributed by atoms with Crippen LogP contribution in [0.15, 0.2) is 22.7 Å². The molecule has 1 saturated carbocycles. The topological polar surface area (TPSA) is 29.1 Å². The predicted octanol–water partition coefficient (Wildman–Crippen LogP) is 3.80. The van der Waals surface area contributed by atoms with Crippen molar-refractivity contribution in [1.29, 1.82) is 0 Å². The fourth-order valence-corrected chi connectivity index (χ4v) is 3.16. The first-order chi connectivity index (χ1) is 8.08. The first-order valence-corrected chi connectivity index (χ1v) is 7.50. The van der Waals surface area contributed by atoms with Crippen LogP contribution in [0.1, 0.15) is 35.2 Å². The van der Waals surface area contributed by atoms with Gasteiger partial charge >= 0.3 is 0 Å². The highest BCUT2D eigenvalue weighted by Crippen LogP contribution is 2.26. The molecule has 17 heavy (non-hydrogen) atoms. The maximum atomic E-state index is 12.1. The first kappa shape index (κ1) is 13.1. The van der Waals surface area contributed by atoms with Crippen molar-refractivity contribution >= 4 is 37.8 Å². The normalized spacial score (nSPS) is 23.7. The summed E-state index contributed by atoms with van der Waals surface area (Å²) in [6, 6.07) is 5.97. The summed E-state index contributed by atoms with van der Waals surface area (Å²) in [6.45, 7) is 2.01. The van der Waals surface area contributed by atoms with E-state index in [0.29, 0.717) is 10.4 Å². The van der Waals surface area contributed by atoms with Crippen molar-refractivity contribution in [1.82, 2.24) is 5.32 Å². The zero-order valence-corrected chi connectivity index (χ0v) is 12.8. The standard InChI is InChI=1S/C13H15Br2NO/c1-8-5-6-9(7-11(8)15)13(17)16-12-4-2-3-10(12)14/h5-7,10,12H,2-4H2,1H3,(H,16,17). The molecular formula is C13H15Br2NO. The number of carbonyl (C=O) groups is 1. The molecule has 0 aliphatic heterocycles. The van der Waals surface area contributed by atoms with E-state index in [1.165, 1.54) is 6.42 Å². The number of amides is 1. The molecule has 0 radical (unpaired) electrons. The van der Waals surface area contributed by atoms with Crippen LogP contribution in [0, 0.1) is 6.92 Å². The molecule has 2 rings (SSSR count). The van der Waals surface area contributed by atoms with E-state index in [0.717, 1.165) is 22.9 Å². The molecule has 2 atom stereocenters. The summed E-state index contributed by atoms with van der Waals surface area (Å²) in [7, 11) is 0. The van der Waals surface area contributed by atoms with Gasteiger partial charge in [-0.1, -0.05) is 44.3 Å². The van der Waals surface area contributed by atoms with Gasteiger partial charge in [-0.25, -0.2) is 0 Å². The Morgan fingerprint density at radius 2 is 2.18 bits per heavy atom. The largest absolute Gasteiger partial charge is 0.348 e. The van der Waals surface area contributed by atoms with E-state index in [-0.39, 0.29) is 11.9 Å². The summed E-state index contributed by atoms with van der Waals surface area (Å²) in [4.78, 5) is 12.5. The number of alkyl halides is 1. The van der Waals surface area contributed by atoms with Gasteiger partial charge in [0, 0.05) is 20.9 Å². The maximum absolute atomic E-state index is 12.1. The monoisotopic (exact) mass is 359 g/mol. The Morgan fingerprint density at radius 1 is 1.41 bits per heavy atom. The zero-order chi connectivity index (χ0) is 12.4. The molecule has 1 aliphatic carbocycles. The molecule has 0 spiro atoms. The van der Waals surface area contributed by atoms with E-state index in [1.54, 1.807) is 0 Å². The van der Waals surface area contributed by atoms with Gasteiger partial charge in [-0.05, 0) is 37.5 Å². The van der Waals surface area contributed by atoms with E-state index < -0.39 is 0 Å². The summed E-state index contributed by atoms with van der Waals surface area (Å²) < 4.78 is 0.979. The van der Waals surface area contributed by atoms with Gasteiger partial charge in [0.1, 0.15) is 0 Å². The highest BCUT2D eigenvalue weighted by Gasteiger charge is 2.26. The van der Waals surface area contributed by atoms with Gasteiger partial charge in [-0.2, -0.15) is 0 Å². The quantitative estimate of drug-likeness (QED) is 0.798.